The summed E-state index contributed by atoms with van der Waals surface area (Å²) in [5, 5.41) is 0. The number of benzene rings is 1. The van der Waals surface area contributed by atoms with Crippen molar-refractivity contribution in [3.63, 3.8) is 0 Å². The number of halogens is 4. The molecule has 2 heterocycles. The maximum atomic E-state index is 13.1. The van der Waals surface area contributed by atoms with E-state index in [4.69, 9.17) is 0 Å². The van der Waals surface area contributed by atoms with Gasteiger partial charge >= 0.3 is 6.18 Å². The van der Waals surface area contributed by atoms with Crippen molar-refractivity contribution < 1.29 is 17.6 Å². The first-order chi connectivity index (χ1) is 14.6. The Hall–Kier alpha value is -3.18. The molecule has 0 bridgehead atoms. The number of hydrogen-bond donors (Lipinski definition) is 0. The summed E-state index contributed by atoms with van der Waals surface area (Å²) in [6, 6.07) is 9.97. The lowest BCUT2D eigenvalue weighted by molar-refractivity contribution is -0.140. The summed E-state index contributed by atoms with van der Waals surface area (Å²) in [5.41, 5.74) is 1.22. The highest BCUT2D eigenvalue weighted by molar-refractivity contribution is 5.57. The van der Waals surface area contributed by atoms with E-state index in [0.29, 0.717) is 30.2 Å². The van der Waals surface area contributed by atoms with Crippen LogP contribution in [0, 0.1) is 17.7 Å². The predicted molar refractivity (Wildman–Crippen MR) is 110 cm³/mol. The molecule has 3 rings (SSSR count). The van der Waals surface area contributed by atoms with Crippen LogP contribution in [0.3, 0.4) is 0 Å². The van der Waals surface area contributed by atoms with E-state index < -0.39 is 17.7 Å². The molecule has 0 saturated heterocycles. The fourth-order valence-corrected chi connectivity index (χ4v) is 2.98. The summed E-state index contributed by atoms with van der Waals surface area (Å²) in [5.74, 6) is 5.75. The van der Waals surface area contributed by atoms with Gasteiger partial charge in [-0.3, -0.25) is 4.90 Å². The standard InChI is InChI=1S/C23H22F4N4/c1-16(2)31-15-21(23(25,26)27)29-22(31)18-8-6-17(7-9-18)14-30(3)12-4-5-20-11-10-19(24)13-28-20/h6-11,13,15-16H,12,14H2,1-3H3. The maximum absolute atomic E-state index is 13.1. The van der Waals surface area contributed by atoms with Gasteiger partial charge in [-0.25, -0.2) is 14.4 Å². The van der Waals surface area contributed by atoms with Crippen LogP contribution in [-0.2, 0) is 12.7 Å². The fraction of sp³-hybridized carbons (Fsp3) is 0.304. The van der Waals surface area contributed by atoms with Crippen LogP contribution in [0.5, 0.6) is 0 Å². The number of pyridine rings is 1. The molecule has 162 valence electrons. The number of aromatic nitrogens is 3. The first kappa shape index (κ1) is 22.5. The Balaban J connectivity index is 1.68. The molecule has 0 aliphatic rings. The Bertz CT molecular complexity index is 1070. The molecule has 0 saturated carbocycles. The van der Waals surface area contributed by atoms with E-state index in [1.54, 1.807) is 12.1 Å². The van der Waals surface area contributed by atoms with Gasteiger partial charge < -0.3 is 4.57 Å². The fourth-order valence-electron chi connectivity index (χ4n) is 2.98. The number of nitrogens with zero attached hydrogens (tertiary/aromatic N) is 4. The van der Waals surface area contributed by atoms with Gasteiger partial charge in [-0.05, 0) is 44.5 Å². The van der Waals surface area contributed by atoms with Crippen molar-refractivity contribution in [3.8, 4) is 23.2 Å². The van der Waals surface area contributed by atoms with Crippen LogP contribution in [0.4, 0.5) is 17.6 Å². The van der Waals surface area contributed by atoms with E-state index in [0.717, 1.165) is 18.0 Å². The molecular weight excluding hydrogens is 408 g/mol. The first-order valence-corrected chi connectivity index (χ1v) is 9.68. The largest absolute Gasteiger partial charge is 0.434 e. The summed E-state index contributed by atoms with van der Waals surface area (Å²) in [4.78, 5) is 9.70. The van der Waals surface area contributed by atoms with Gasteiger partial charge in [0.25, 0.3) is 0 Å². The smallest absolute Gasteiger partial charge is 0.328 e. The molecule has 8 heteroatoms. The lowest BCUT2D eigenvalue weighted by atomic mass is 10.1. The van der Waals surface area contributed by atoms with Crippen LogP contribution in [0.2, 0.25) is 0 Å². The highest BCUT2D eigenvalue weighted by atomic mass is 19.4. The summed E-state index contributed by atoms with van der Waals surface area (Å²) in [7, 11) is 1.90. The monoisotopic (exact) mass is 430 g/mol. The lowest BCUT2D eigenvalue weighted by Crippen LogP contribution is -2.17. The van der Waals surface area contributed by atoms with Gasteiger partial charge in [-0.2, -0.15) is 13.2 Å². The van der Waals surface area contributed by atoms with E-state index in [-0.39, 0.29) is 6.04 Å². The Kier molecular flexibility index (Phi) is 6.76. The summed E-state index contributed by atoms with van der Waals surface area (Å²) in [6.07, 6.45) is -2.31. The van der Waals surface area contributed by atoms with Crippen molar-refractivity contribution in [1.82, 2.24) is 19.4 Å². The zero-order valence-electron chi connectivity index (χ0n) is 17.4. The Morgan fingerprint density at radius 1 is 1.10 bits per heavy atom. The van der Waals surface area contributed by atoms with Gasteiger partial charge in [-0.1, -0.05) is 30.2 Å². The Morgan fingerprint density at radius 2 is 1.81 bits per heavy atom. The van der Waals surface area contributed by atoms with Crippen molar-refractivity contribution in [2.45, 2.75) is 32.6 Å². The van der Waals surface area contributed by atoms with Gasteiger partial charge in [0.1, 0.15) is 17.3 Å². The molecule has 4 nitrogen and oxygen atoms in total. The van der Waals surface area contributed by atoms with Gasteiger partial charge in [-0.15, -0.1) is 0 Å². The third-order valence-corrected chi connectivity index (χ3v) is 4.54. The van der Waals surface area contributed by atoms with E-state index in [2.05, 4.69) is 21.8 Å². The normalized spacial score (nSPS) is 11.6. The van der Waals surface area contributed by atoms with Crippen molar-refractivity contribution >= 4 is 0 Å². The van der Waals surface area contributed by atoms with Crippen LogP contribution in [0.1, 0.15) is 36.8 Å². The van der Waals surface area contributed by atoms with Crippen molar-refractivity contribution in [2.75, 3.05) is 13.6 Å². The molecule has 0 radical (unpaired) electrons. The lowest BCUT2D eigenvalue weighted by Gasteiger charge is -2.14. The van der Waals surface area contributed by atoms with E-state index in [1.807, 2.05) is 37.9 Å². The first-order valence-electron chi connectivity index (χ1n) is 9.68. The number of hydrogen-bond acceptors (Lipinski definition) is 3. The zero-order chi connectivity index (χ0) is 22.6. The molecule has 31 heavy (non-hydrogen) atoms. The van der Waals surface area contributed by atoms with Gasteiger partial charge in [0, 0.05) is 24.3 Å². The second kappa shape index (κ2) is 9.31. The minimum Gasteiger partial charge on any atom is -0.328 e. The van der Waals surface area contributed by atoms with Crippen LogP contribution < -0.4 is 0 Å². The predicted octanol–water partition coefficient (Wildman–Crippen LogP) is 5.17. The summed E-state index contributed by atoms with van der Waals surface area (Å²) < 4.78 is 53.6. The molecule has 0 unspecified atom stereocenters. The minimum absolute atomic E-state index is 0.154. The molecule has 0 aliphatic heterocycles. The van der Waals surface area contributed by atoms with Crippen molar-refractivity contribution in [2.24, 2.45) is 0 Å². The molecule has 0 fully saturated rings. The SMILES string of the molecule is CC(C)n1cc(C(F)(F)F)nc1-c1ccc(CN(C)CC#Cc2ccc(F)cn2)cc1. The molecule has 0 amide bonds. The van der Waals surface area contributed by atoms with Gasteiger partial charge in [0.15, 0.2) is 5.69 Å². The van der Waals surface area contributed by atoms with Crippen LogP contribution in [0.25, 0.3) is 11.4 Å². The van der Waals surface area contributed by atoms with Gasteiger partial charge in [0.2, 0.25) is 0 Å². The highest BCUT2D eigenvalue weighted by Crippen LogP contribution is 2.32. The van der Waals surface area contributed by atoms with E-state index in [1.165, 1.54) is 16.7 Å². The Labute approximate surface area is 178 Å². The molecule has 0 aliphatic carbocycles. The average Bonchev–Trinajstić information content (AvgIpc) is 3.16. The van der Waals surface area contributed by atoms with Gasteiger partial charge in [0.05, 0.1) is 12.7 Å². The summed E-state index contributed by atoms with van der Waals surface area (Å²) in [6.45, 7) is 4.72. The minimum atomic E-state index is -4.48. The average molecular weight is 430 g/mol. The molecule has 0 N–H and O–H groups in total. The van der Waals surface area contributed by atoms with Crippen molar-refractivity contribution in [1.29, 1.82) is 0 Å². The Morgan fingerprint density at radius 3 is 2.39 bits per heavy atom. The van der Waals surface area contributed by atoms with Crippen LogP contribution in [-0.4, -0.2) is 33.0 Å². The molecular formula is C23H22F4N4. The second-order valence-corrected chi connectivity index (χ2v) is 7.48. The highest BCUT2D eigenvalue weighted by Gasteiger charge is 2.35. The zero-order valence-corrected chi connectivity index (χ0v) is 17.4. The summed E-state index contributed by atoms with van der Waals surface area (Å²) >= 11 is 0. The second-order valence-electron chi connectivity index (χ2n) is 7.48. The molecule has 1 aromatic carbocycles. The molecule has 0 atom stereocenters. The van der Waals surface area contributed by atoms with Crippen molar-refractivity contribution in [3.05, 3.63) is 71.6 Å². The van der Waals surface area contributed by atoms with Crippen LogP contribution >= 0.6 is 0 Å². The maximum Gasteiger partial charge on any atom is 0.434 e. The molecule has 0 spiro atoms. The third-order valence-electron chi connectivity index (χ3n) is 4.54. The molecule has 3 aromatic rings. The number of imidazole rings is 1. The van der Waals surface area contributed by atoms with E-state index >= 15 is 0 Å². The number of alkyl halides is 3. The number of rotatable bonds is 5. The third kappa shape index (κ3) is 5.92. The topological polar surface area (TPSA) is 34.0 Å². The van der Waals surface area contributed by atoms with Crippen LogP contribution in [0.15, 0.2) is 48.8 Å². The van der Waals surface area contributed by atoms with E-state index in [9.17, 15) is 17.6 Å². The quantitative estimate of drug-likeness (QED) is 0.414. The molecule has 2 aromatic heterocycles.